The van der Waals surface area contributed by atoms with E-state index in [1.165, 1.54) is 44.7 Å². The van der Waals surface area contributed by atoms with E-state index >= 15 is 0 Å². The van der Waals surface area contributed by atoms with Crippen LogP contribution in [0.1, 0.15) is 31.4 Å². The Bertz CT molecular complexity index is 1760. The molecule has 0 spiro atoms. The van der Waals surface area contributed by atoms with Gasteiger partial charge in [-0.2, -0.15) is 0 Å². The van der Waals surface area contributed by atoms with Gasteiger partial charge in [-0.1, -0.05) is 117 Å². The molecule has 0 amide bonds. The van der Waals surface area contributed by atoms with Crippen LogP contribution in [0.25, 0.3) is 16.8 Å². The van der Waals surface area contributed by atoms with Gasteiger partial charge in [-0.3, -0.25) is 0 Å². The molecule has 0 saturated carbocycles. The van der Waals surface area contributed by atoms with Gasteiger partial charge < -0.3 is 9.80 Å². The third-order valence-corrected chi connectivity index (χ3v) is 8.46. The summed E-state index contributed by atoms with van der Waals surface area (Å²) >= 11 is 0. The number of fused-ring (bicyclic) bond motifs is 2. The summed E-state index contributed by atoms with van der Waals surface area (Å²) in [6.07, 6.45) is 13.6. The third kappa shape index (κ3) is 4.73. The van der Waals surface area contributed by atoms with Gasteiger partial charge in [0.05, 0.1) is 11.4 Å². The Kier molecular flexibility index (Phi) is 6.97. The van der Waals surface area contributed by atoms with E-state index in [1.54, 1.807) is 0 Å². The molecular weight excluding hydrogens is 508 g/mol. The third-order valence-electron chi connectivity index (χ3n) is 8.46. The highest BCUT2D eigenvalue weighted by molar-refractivity contribution is 6.11. The normalized spacial score (nSPS) is 17.5. The van der Waals surface area contributed by atoms with E-state index in [-0.39, 0.29) is 0 Å². The fourth-order valence-corrected chi connectivity index (χ4v) is 6.57. The van der Waals surface area contributed by atoms with Crippen LogP contribution in [-0.2, 0) is 6.42 Å². The molecule has 0 bridgehead atoms. The Labute approximate surface area is 249 Å². The summed E-state index contributed by atoms with van der Waals surface area (Å²) in [5.74, 6) is 0.937. The van der Waals surface area contributed by atoms with Crippen LogP contribution in [0.2, 0.25) is 0 Å². The van der Waals surface area contributed by atoms with Crippen LogP contribution in [-0.4, -0.2) is 0 Å². The highest BCUT2D eigenvalue weighted by Gasteiger charge is 2.30. The number of hydrogen-bond acceptors (Lipinski definition) is 2. The summed E-state index contributed by atoms with van der Waals surface area (Å²) in [4.78, 5) is 5.00. The molecule has 2 unspecified atom stereocenters. The first-order valence-corrected chi connectivity index (χ1v) is 15.1. The van der Waals surface area contributed by atoms with Gasteiger partial charge in [-0.15, -0.1) is 0 Å². The van der Waals surface area contributed by atoms with Crippen molar-refractivity contribution in [2.75, 3.05) is 9.80 Å². The van der Waals surface area contributed by atoms with Gasteiger partial charge in [-0.05, 0) is 72.7 Å². The van der Waals surface area contributed by atoms with Crippen molar-refractivity contribution in [3.63, 3.8) is 0 Å². The fourth-order valence-electron chi connectivity index (χ4n) is 6.57. The summed E-state index contributed by atoms with van der Waals surface area (Å²) in [7, 11) is 0. The van der Waals surface area contributed by atoms with Crippen LogP contribution in [0.3, 0.4) is 0 Å². The standard InChI is InChI=1S/C40H36N2/c1-29-15-14-22-34(27-29)42(33-20-10-5-11-21-33)40-36-24-13-12-23-35(36)39(37-26-25-30(2)28-38(37)40)41(31-16-6-3-7-17-31)32-18-8-4-9-19-32/h3-26,29-30H,27-28H2,1-2H3. The molecule has 0 fully saturated rings. The molecule has 7 rings (SSSR count). The lowest BCUT2D eigenvalue weighted by Gasteiger charge is -2.37. The van der Waals surface area contributed by atoms with Crippen molar-refractivity contribution in [1.82, 2.24) is 0 Å². The van der Waals surface area contributed by atoms with Gasteiger partial charge in [0.25, 0.3) is 0 Å². The molecule has 206 valence electrons. The van der Waals surface area contributed by atoms with Crippen LogP contribution >= 0.6 is 0 Å². The van der Waals surface area contributed by atoms with E-state index in [2.05, 4.69) is 169 Å². The van der Waals surface area contributed by atoms with Gasteiger partial charge in [0, 0.05) is 39.1 Å². The highest BCUT2D eigenvalue weighted by Crippen LogP contribution is 2.51. The number of nitrogens with zero attached hydrogens (tertiary/aromatic N) is 2. The molecule has 42 heavy (non-hydrogen) atoms. The maximum Gasteiger partial charge on any atom is 0.0616 e. The maximum atomic E-state index is 2.55. The Morgan fingerprint density at radius 1 is 0.524 bits per heavy atom. The molecule has 0 saturated heterocycles. The van der Waals surface area contributed by atoms with Crippen molar-refractivity contribution in [2.24, 2.45) is 11.8 Å². The SMILES string of the molecule is CC1C=CC=C(N(c2ccccc2)c2c3c(c(N(c4ccccc4)c4ccccc4)c4ccccc24)C=CC(C)C3)C1. The van der Waals surface area contributed by atoms with Crippen molar-refractivity contribution < 1.29 is 0 Å². The second-order valence-corrected chi connectivity index (χ2v) is 11.6. The lowest BCUT2D eigenvalue weighted by atomic mass is 9.84. The van der Waals surface area contributed by atoms with E-state index < -0.39 is 0 Å². The average Bonchev–Trinajstić information content (AvgIpc) is 3.04. The molecule has 2 aliphatic rings. The number of hydrogen-bond donors (Lipinski definition) is 0. The Hall–Kier alpha value is -4.82. The number of anilines is 5. The van der Waals surface area contributed by atoms with E-state index in [1.807, 2.05) is 0 Å². The number of allylic oxidation sites excluding steroid dienone is 5. The van der Waals surface area contributed by atoms with E-state index in [0.29, 0.717) is 11.8 Å². The Morgan fingerprint density at radius 3 is 1.60 bits per heavy atom. The monoisotopic (exact) mass is 544 g/mol. The molecule has 0 N–H and O–H groups in total. The predicted molar refractivity (Wildman–Crippen MR) is 180 cm³/mol. The maximum absolute atomic E-state index is 2.55. The molecule has 5 aromatic rings. The number of benzene rings is 5. The van der Waals surface area contributed by atoms with E-state index in [4.69, 9.17) is 0 Å². The number of rotatable bonds is 6. The van der Waals surface area contributed by atoms with Crippen molar-refractivity contribution in [3.05, 3.63) is 156 Å². The zero-order chi connectivity index (χ0) is 28.5. The molecule has 2 atom stereocenters. The highest BCUT2D eigenvalue weighted by atomic mass is 15.2. The molecule has 2 heteroatoms. The molecule has 5 aromatic carbocycles. The predicted octanol–water partition coefficient (Wildman–Crippen LogP) is 11.1. The van der Waals surface area contributed by atoms with Crippen LogP contribution in [0.5, 0.6) is 0 Å². The largest absolute Gasteiger partial charge is 0.313 e. The van der Waals surface area contributed by atoms with Crippen LogP contribution < -0.4 is 9.80 Å². The van der Waals surface area contributed by atoms with Gasteiger partial charge in [0.1, 0.15) is 0 Å². The lowest BCUT2D eigenvalue weighted by molar-refractivity contribution is 0.691. The summed E-state index contributed by atoms with van der Waals surface area (Å²) < 4.78 is 0. The summed E-state index contributed by atoms with van der Waals surface area (Å²) in [5, 5.41) is 2.52. The van der Waals surface area contributed by atoms with Gasteiger partial charge in [-0.25, -0.2) is 0 Å². The smallest absolute Gasteiger partial charge is 0.0616 e. The molecule has 0 radical (unpaired) electrons. The molecular formula is C40H36N2. The quantitative estimate of drug-likeness (QED) is 0.196. The summed E-state index contributed by atoms with van der Waals surface area (Å²) in [6, 6.07) is 41.5. The van der Waals surface area contributed by atoms with Crippen molar-refractivity contribution in [1.29, 1.82) is 0 Å². The summed E-state index contributed by atoms with van der Waals surface area (Å²) in [5.41, 5.74) is 10.1. The van der Waals surface area contributed by atoms with Crippen molar-refractivity contribution in [3.8, 4) is 0 Å². The lowest BCUT2D eigenvalue weighted by Crippen LogP contribution is -2.23. The molecule has 0 aliphatic heterocycles. The van der Waals surface area contributed by atoms with Crippen LogP contribution in [0.15, 0.2) is 145 Å². The zero-order valence-corrected chi connectivity index (χ0v) is 24.3. The van der Waals surface area contributed by atoms with Gasteiger partial charge in [0.2, 0.25) is 0 Å². The molecule has 0 heterocycles. The second-order valence-electron chi connectivity index (χ2n) is 11.6. The first-order valence-electron chi connectivity index (χ1n) is 15.1. The minimum Gasteiger partial charge on any atom is -0.313 e. The number of para-hydroxylation sites is 3. The van der Waals surface area contributed by atoms with Crippen LogP contribution in [0, 0.1) is 11.8 Å². The van der Waals surface area contributed by atoms with E-state index in [0.717, 1.165) is 24.2 Å². The Balaban J connectivity index is 1.59. The molecule has 0 aromatic heterocycles. The topological polar surface area (TPSA) is 6.48 Å². The van der Waals surface area contributed by atoms with Crippen molar-refractivity contribution in [2.45, 2.75) is 26.7 Å². The summed E-state index contributed by atoms with van der Waals surface area (Å²) in [6.45, 7) is 4.65. The average molecular weight is 545 g/mol. The minimum atomic E-state index is 0.448. The van der Waals surface area contributed by atoms with Crippen molar-refractivity contribution >= 4 is 45.3 Å². The van der Waals surface area contributed by atoms with E-state index in [9.17, 15) is 0 Å². The minimum absolute atomic E-state index is 0.448. The fraction of sp³-hybridized carbons (Fsp3) is 0.150. The first kappa shape index (κ1) is 26.1. The Morgan fingerprint density at radius 2 is 1.02 bits per heavy atom. The molecule has 2 aliphatic carbocycles. The first-order chi connectivity index (χ1) is 20.7. The van der Waals surface area contributed by atoms with Gasteiger partial charge >= 0.3 is 0 Å². The molecule has 2 nitrogen and oxygen atoms in total. The zero-order valence-electron chi connectivity index (χ0n) is 24.3. The second kappa shape index (κ2) is 11.2. The van der Waals surface area contributed by atoms with Gasteiger partial charge in [0.15, 0.2) is 0 Å². The van der Waals surface area contributed by atoms with Crippen LogP contribution in [0.4, 0.5) is 28.4 Å².